The van der Waals surface area contributed by atoms with E-state index in [-0.39, 0.29) is 28.1 Å². The Hall–Kier alpha value is -4.51. The summed E-state index contributed by atoms with van der Waals surface area (Å²) in [5.74, 6) is -1.59. The molecule has 4 rings (SSSR count). The molecule has 8 heteroatoms. The van der Waals surface area contributed by atoms with Crippen LogP contribution in [0.15, 0.2) is 59.4 Å². The lowest BCUT2D eigenvalue weighted by Gasteiger charge is -2.20. The van der Waals surface area contributed by atoms with Crippen molar-refractivity contribution in [1.29, 1.82) is 5.26 Å². The first-order valence-electron chi connectivity index (χ1n) is 10.5. The zero-order valence-corrected chi connectivity index (χ0v) is 18.8. The number of halogens is 1. The molecule has 0 bridgehead atoms. The lowest BCUT2D eigenvalue weighted by molar-refractivity contribution is 0.0698. The van der Waals surface area contributed by atoms with Gasteiger partial charge in [-0.1, -0.05) is 18.2 Å². The summed E-state index contributed by atoms with van der Waals surface area (Å²) < 4.78 is 16.1. The van der Waals surface area contributed by atoms with Crippen LogP contribution in [0.2, 0.25) is 0 Å². The Balaban J connectivity index is 1.91. The maximum absolute atomic E-state index is 14.8. The van der Waals surface area contributed by atoms with Crippen molar-refractivity contribution >= 4 is 22.6 Å². The van der Waals surface area contributed by atoms with Crippen LogP contribution in [0, 0.1) is 24.1 Å². The number of carboxylic acid groups (broad SMARTS) is 1. The van der Waals surface area contributed by atoms with E-state index in [4.69, 9.17) is 5.26 Å². The molecular formula is C26H21FN4O3. The van der Waals surface area contributed by atoms with E-state index in [1.54, 1.807) is 24.3 Å². The van der Waals surface area contributed by atoms with Gasteiger partial charge in [-0.3, -0.25) is 9.36 Å². The molecule has 0 saturated heterocycles. The third-order valence-electron chi connectivity index (χ3n) is 5.69. The Morgan fingerprint density at radius 3 is 2.62 bits per heavy atom. The number of para-hydroxylation sites is 1. The monoisotopic (exact) mass is 456 g/mol. The molecule has 0 radical (unpaired) electrons. The summed E-state index contributed by atoms with van der Waals surface area (Å²) in [5.41, 5.74) is 2.37. The molecule has 0 aliphatic carbocycles. The van der Waals surface area contributed by atoms with Gasteiger partial charge < -0.3 is 10.4 Å². The molecule has 0 unspecified atom stereocenters. The van der Waals surface area contributed by atoms with Gasteiger partial charge in [-0.15, -0.1) is 0 Å². The fraction of sp³-hybridized carbons (Fsp3) is 0.154. The summed E-state index contributed by atoms with van der Waals surface area (Å²) in [6.45, 7) is 3.70. The van der Waals surface area contributed by atoms with Gasteiger partial charge in [0.2, 0.25) is 0 Å². The highest BCUT2D eigenvalue weighted by Crippen LogP contribution is 2.30. The fourth-order valence-corrected chi connectivity index (χ4v) is 4.00. The number of nitrogens with zero attached hydrogens (tertiary/aromatic N) is 3. The van der Waals surface area contributed by atoms with E-state index in [9.17, 15) is 19.1 Å². The standard InChI is InChI=1S/C26H21FN4O3/c1-14-10-19(15(2)29-22-7-5-4-6-18(22)26(33)34)23-20(11-14)25(32)31(3)24(30-23)17-9-8-16(13-28)12-21(17)27/h4-12,15,29H,1-3H3,(H,33,34)/t15-/m1/s1. The van der Waals surface area contributed by atoms with Crippen LogP contribution in [-0.4, -0.2) is 20.6 Å². The minimum absolute atomic E-state index is 0.101. The molecule has 0 aliphatic heterocycles. The van der Waals surface area contributed by atoms with E-state index in [0.29, 0.717) is 22.2 Å². The molecule has 170 valence electrons. The van der Waals surface area contributed by atoms with E-state index in [2.05, 4.69) is 10.3 Å². The molecule has 3 aromatic carbocycles. The first-order chi connectivity index (χ1) is 16.2. The Kier molecular flexibility index (Phi) is 5.86. The molecule has 7 nitrogen and oxygen atoms in total. The largest absolute Gasteiger partial charge is 0.478 e. The second kappa shape index (κ2) is 8.79. The first kappa shape index (κ1) is 22.7. The summed E-state index contributed by atoms with van der Waals surface area (Å²) >= 11 is 0. The van der Waals surface area contributed by atoms with Crippen molar-refractivity contribution in [2.24, 2.45) is 7.05 Å². The van der Waals surface area contributed by atoms with Gasteiger partial charge >= 0.3 is 5.97 Å². The lowest BCUT2D eigenvalue weighted by atomic mass is 10.00. The van der Waals surface area contributed by atoms with E-state index in [1.165, 1.54) is 29.8 Å². The van der Waals surface area contributed by atoms with Gasteiger partial charge in [-0.05, 0) is 55.8 Å². The van der Waals surface area contributed by atoms with Crippen molar-refractivity contribution in [2.75, 3.05) is 5.32 Å². The van der Waals surface area contributed by atoms with E-state index in [1.807, 2.05) is 26.0 Å². The third-order valence-corrected chi connectivity index (χ3v) is 5.69. The zero-order valence-electron chi connectivity index (χ0n) is 18.8. The number of carboxylic acids is 1. The predicted octanol–water partition coefficient (Wildman–Crippen LogP) is 4.79. The number of carbonyl (C=O) groups is 1. The molecule has 1 aromatic heterocycles. The maximum Gasteiger partial charge on any atom is 0.337 e. The molecule has 0 spiro atoms. The van der Waals surface area contributed by atoms with Gasteiger partial charge in [0.15, 0.2) is 0 Å². The molecule has 0 aliphatic rings. The number of rotatable bonds is 5. The van der Waals surface area contributed by atoms with Crippen LogP contribution in [0.3, 0.4) is 0 Å². The number of hydrogen-bond donors (Lipinski definition) is 2. The average molecular weight is 456 g/mol. The molecule has 0 amide bonds. The van der Waals surface area contributed by atoms with Crippen molar-refractivity contribution in [3.63, 3.8) is 0 Å². The SMILES string of the molecule is Cc1cc([C@@H](C)Nc2ccccc2C(=O)O)c2nc(-c3ccc(C#N)cc3F)n(C)c(=O)c2c1. The van der Waals surface area contributed by atoms with E-state index >= 15 is 0 Å². The van der Waals surface area contributed by atoms with Crippen LogP contribution in [-0.2, 0) is 7.05 Å². The van der Waals surface area contributed by atoms with Crippen LogP contribution in [0.1, 0.15) is 40.0 Å². The van der Waals surface area contributed by atoms with Gasteiger partial charge in [0.1, 0.15) is 11.6 Å². The fourth-order valence-electron chi connectivity index (χ4n) is 4.00. The average Bonchev–Trinajstić information content (AvgIpc) is 2.81. The van der Waals surface area contributed by atoms with Crippen molar-refractivity contribution in [3.05, 3.63) is 93.0 Å². The van der Waals surface area contributed by atoms with E-state index in [0.717, 1.165) is 11.6 Å². The maximum atomic E-state index is 14.8. The summed E-state index contributed by atoms with van der Waals surface area (Å²) in [6, 6.07) is 15.6. The predicted molar refractivity (Wildman–Crippen MR) is 127 cm³/mol. The third kappa shape index (κ3) is 3.99. The second-order valence-electron chi connectivity index (χ2n) is 8.07. The first-order valence-corrected chi connectivity index (χ1v) is 10.5. The number of fused-ring (bicyclic) bond motifs is 1. The van der Waals surface area contributed by atoms with Crippen molar-refractivity contribution in [3.8, 4) is 17.5 Å². The number of hydrogen-bond acceptors (Lipinski definition) is 5. The molecule has 2 N–H and O–H groups in total. The molecule has 1 heterocycles. The minimum atomic E-state index is -1.06. The number of aromatic nitrogens is 2. The summed E-state index contributed by atoms with van der Waals surface area (Å²) in [4.78, 5) is 29.5. The van der Waals surface area contributed by atoms with Gasteiger partial charge in [0, 0.05) is 18.3 Å². The Bertz CT molecular complexity index is 1550. The van der Waals surface area contributed by atoms with E-state index < -0.39 is 17.8 Å². The Morgan fingerprint density at radius 2 is 1.94 bits per heavy atom. The molecule has 4 aromatic rings. The molecule has 34 heavy (non-hydrogen) atoms. The molecular weight excluding hydrogens is 435 g/mol. The summed E-state index contributed by atoms with van der Waals surface area (Å²) in [7, 11) is 1.52. The van der Waals surface area contributed by atoms with Gasteiger partial charge in [0.05, 0.1) is 39.7 Å². The van der Waals surface area contributed by atoms with Gasteiger partial charge in [-0.2, -0.15) is 5.26 Å². The lowest BCUT2D eigenvalue weighted by Crippen LogP contribution is -2.22. The highest BCUT2D eigenvalue weighted by molar-refractivity contribution is 5.94. The van der Waals surface area contributed by atoms with Crippen LogP contribution in [0.4, 0.5) is 10.1 Å². The van der Waals surface area contributed by atoms with Crippen LogP contribution >= 0.6 is 0 Å². The van der Waals surface area contributed by atoms with Gasteiger partial charge in [0.25, 0.3) is 5.56 Å². The van der Waals surface area contributed by atoms with Crippen LogP contribution < -0.4 is 10.9 Å². The van der Waals surface area contributed by atoms with Crippen LogP contribution in [0.5, 0.6) is 0 Å². The highest BCUT2D eigenvalue weighted by atomic mass is 19.1. The number of aryl methyl sites for hydroxylation is 1. The molecule has 0 saturated carbocycles. The van der Waals surface area contributed by atoms with Crippen molar-refractivity contribution in [1.82, 2.24) is 9.55 Å². The normalized spacial score (nSPS) is 11.7. The number of benzene rings is 3. The number of anilines is 1. The van der Waals surface area contributed by atoms with Gasteiger partial charge in [-0.25, -0.2) is 14.2 Å². The van der Waals surface area contributed by atoms with Crippen molar-refractivity contribution < 1.29 is 14.3 Å². The number of aromatic carboxylic acids is 1. The number of nitriles is 1. The zero-order chi connectivity index (χ0) is 24.6. The Labute approximate surface area is 194 Å². The minimum Gasteiger partial charge on any atom is -0.478 e. The molecule has 0 fully saturated rings. The summed E-state index contributed by atoms with van der Waals surface area (Å²) in [6.07, 6.45) is 0. The smallest absolute Gasteiger partial charge is 0.337 e. The quantitative estimate of drug-likeness (QED) is 0.447. The number of nitrogens with one attached hydrogen (secondary N) is 1. The van der Waals surface area contributed by atoms with Crippen LogP contribution in [0.25, 0.3) is 22.3 Å². The Morgan fingerprint density at radius 1 is 1.21 bits per heavy atom. The highest BCUT2D eigenvalue weighted by Gasteiger charge is 2.20. The van der Waals surface area contributed by atoms with Crippen molar-refractivity contribution in [2.45, 2.75) is 19.9 Å². The molecule has 1 atom stereocenters. The topological polar surface area (TPSA) is 108 Å². The summed E-state index contributed by atoms with van der Waals surface area (Å²) in [5, 5.41) is 22.1. The second-order valence-corrected chi connectivity index (χ2v) is 8.07.